The summed E-state index contributed by atoms with van der Waals surface area (Å²) in [6.45, 7) is 3.30. The molecule has 1 heterocycles. The molecule has 0 bridgehead atoms. The molecule has 0 saturated carbocycles. The largest absolute Gasteiger partial charge is 0.497 e. The Morgan fingerprint density at radius 2 is 1.70 bits per heavy atom. The summed E-state index contributed by atoms with van der Waals surface area (Å²) >= 11 is 5.95. The first-order valence-corrected chi connectivity index (χ1v) is 11.0. The van der Waals surface area contributed by atoms with Crippen LogP contribution in [0.15, 0.2) is 42.5 Å². The summed E-state index contributed by atoms with van der Waals surface area (Å²) in [4.78, 5) is 37.4. The zero-order valence-corrected chi connectivity index (χ0v) is 19.6. The second-order valence-electron chi connectivity index (χ2n) is 7.53. The first-order valence-electron chi connectivity index (χ1n) is 10.6. The van der Waals surface area contributed by atoms with Gasteiger partial charge in [0.1, 0.15) is 5.75 Å². The number of esters is 2. The third kappa shape index (κ3) is 5.73. The van der Waals surface area contributed by atoms with Crippen LogP contribution in [0.5, 0.6) is 5.75 Å². The van der Waals surface area contributed by atoms with Gasteiger partial charge in [-0.05, 0) is 61.4 Å². The van der Waals surface area contributed by atoms with Crippen molar-refractivity contribution in [1.29, 1.82) is 0 Å². The second-order valence-corrected chi connectivity index (χ2v) is 7.96. The summed E-state index contributed by atoms with van der Waals surface area (Å²) < 4.78 is 16.9. The van der Waals surface area contributed by atoms with Gasteiger partial charge in [-0.3, -0.25) is 19.0 Å². The second kappa shape index (κ2) is 11.0. The molecule has 8 heteroatoms. The van der Waals surface area contributed by atoms with E-state index in [4.69, 9.17) is 25.8 Å². The molecule has 0 aliphatic carbocycles. The van der Waals surface area contributed by atoms with Crippen LogP contribution in [0.3, 0.4) is 0 Å². The van der Waals surface area contributed by atoms with Crippen molar-refractivity contribution in [2.75, 3.05) is 13.9 Å². The van der Waals surface area contributed by atoms with Crippen LogP contribution in [0.2, 0.25) is 5.02 Å². The summed E-state index contributed by atoms with van der Waals surface area (Å²) in [5.41, 5.74) is 2.34. The predicted octanol–water partition coefficient (Wildman–Crippen LogP) is 5.08. The minimum Gasteiger partial charge on any atom is -0.497 e. The number of halogens is 1. The van der Waals surface area contributed by atoms with Gasteiger partial charge in [-0.25, -0.2) is 0 Å². The number of hydrogen-bond donors (Lipinski definition) is 0. The molecular weight excluding hydrogens is 446 g/mol. The van der Waals surface area contributed by atoms with Gasteiger partial charge in [0.2, 0.25) is 6.79 Å². The molecule has 3 rings (SSSR count). The number of aromatic nitrogens is 1. The fraction of sp³-hybridized carbons (Fsp3) is 0.320. The molecule has 0 radical (unpaired) electrons. The van der Waals surface area contributed by atoms with Gasteiger partial charge in [0.15, 0.2) is 0 Å². The molecule has 2 aromatic carbocycles. The van der Waals surface area contributed by atoms with Crippen molar-refractivity contribution in [3.63, 3.8) is 0 Å². The Labute approximate surface area is 197 Å². The van der Waals surface area contributed by atoms with E-state index in [0.717, 1.165) is 12.8 Å². The Balaban J connectivity index is 1.87. The molecule has 0 unspecified atom stereocenters. The molecule has 1 aromatic heterocycles. The zero-order chi connectivity index (χ0) is 24.0. The third-order valence-electron chi connectivity index (χ3n) is 5.33. The number of benzene rings is 2. The topological polar surface area (TPSA) is 83.8 Å². The molecule has 0 saturated heterocycles. The molecule has 0 aliphatic heterocycles. The third-order valence-corrected chi connectivity index (χ3v) is 5.58. The molecule has 0 N–H and O–H groups in total. The predicted molar refractivity (Wildman–Crippen MR) is 125 cm³/mol. The van der Waals surface area contributed by atoms with Crippen LogP contribution in [-0.4, -0.2) is 36.3 Å². The molecule has 0 atom stereocenters. The minimum atomic E-state index is -0.567. The van der Waals surface area contributed by atoms with E-state index in [1.54, 1.807) is 61.1 Å². The van der Waals surface area contributed by atoms with Gasteiger partial charge in [0.05, 0.1) is 19.0 Å². The maximum Gasteiger partial charge on any atom is 0.313 e. The minimum absolute atomic E-state index is 0.0943. The first kappa shape index (κ1) is 24.3. The molecule has 0 amide bonds. The lowest BCUT2D eigenvalue weighted by Gasteiger charge is -2.08. The fourth-order valence-corrected chi connectivity index (χ4v) is 3.67. The van der Waals surface area contributed by atoms with E-state index < -0.39 is 18.7 Å². The lowest BCUT2D eigenvalue weighted by Crippen LogP contribution is -2.16. The van der Waals surface area contributed by atoms with Gasteiger partial charge in [0, 0.05) is 28.1 Å². The van der Waals surface area contributed by atoms with Crippen LogP contribution in [0.4, 0.5) is 0 Å². The highest BCUT2D eigenvalue weighted by molar-refractivity contribution is 6.30. The first-order chi connectivity index (χ1) is 15.8. The Morgan fingerprint density at radius 1 is 1.00 bits per heavy atom. The van der Waals surface area contributed by atoms with Crippen LogP contribution in [0.25, 0.3) is 10.9 Å². The smallest absolute Gasteiger partial charge is 0.313 e. The maximum absolute atomic E-state index is 13.3. The van der Waals surface area contributed by atoms with Crippen LogP contribution >= 0.6 is 11.6 Å². The standard InChI is InChI=1S/C25H26ClNO6/c1-4-5-6-23(28)32-15-33-24(29)14-20-16(2)27(22-12-11-19(31-3)13-21(20)22)25(30)17-7-9-18(26)10-8-17/h7-13H,4-6,14-15H2,1-3H3. The number of hydrogen-bond acceptors (Lipinski definition) is 6. The van der Waals surface area contributed by atoms with Crippen molar-refractivity contribution in [1.82, 2.24) is 4.57 Å². The van der Waals surface area contributed by atoms with E-state index >= 15 is 0 Å². The monoisotopic (exact) mass is 471 g/mol. The van der Waals surface area contributed by atoms with E-state index in [1.807, 2.05) is 6.92 Å². The summed E-state index contributed by atoms with van der Waals surface area (Å²) in [5.74, 6) is -0.625. The number of nitrogens with zero attached hydrogens (tertiary/aromatic N) is 1. The van der Waals surface area contributed by atoms with Crippen molar-refractivity contribution >= 4 is 40.3 Å². The van der Waals surface area contributed by atoms with Crippen LogP contribution in [0.1, 0.15) is 47.8 Å². The van der Waals surface area contributed by atoms with E-state index in [1.165, 1.54) is 0 Å². The Kier molecular flexibility index (Phi) is 8.11. The maximum atomic E-state index is 13.3. The zero-order valence-electron chi connectivity index (χ0n) is 18.9. The number of unbranched alkanes of at least 4 members (excludes halogenated alkanes) is 1. The van der Waals surface area contributed by atoms with Gasteiger partial charge in [0.25, 0.3) is 5.91 Å². The highest BCUT2D eigenvalue weighted by atomic mass is 35.5. The molecule has 7 nitrogen and oxygen atoms in total. The van der Waals surface area contributed by atoms with Gasteiger partial charge in [-0.1, -0.05) is 24.9 Å². The fourth-order valence-electron chi connectivity index (χ4n) is 3.55. The van der Waals surface area contributed by atoms with E-state index in [9.17, 15) is 14.4 Å². The summed E-state index contributed by atoms with van der Waals surface area (Å²) in [6, 6.07) is 11.9. The molecule has 0 fully saturated rings. The highest BCUT2D eigenvalue weighted by Crippen LogP contribution is 2.31. The van der Waals surface area contributed by atoms with Crippen molar-refractivity contribution in [3.05, 3.63) is 64.3 Å². The van der Waals surface area contributed by atoms with Gasteiger partial charge < -0.3 is 14.2 Å². The molecule has 174 valence electrons. The van der Waals surface area contributed by atoms with Gasteiger partial charge in [-0.2, -0.15) is 0 Å². The highest BCUT2D eigenvalue weighted by Gasteiger charge is 2.22. The molecule has 33 heavy (non-hydrogen) atoms. The van der Waals surface area contributed by atoms with Crippen LogP contribution in [-0.2, 0) is 25.5 Å². The average molecular weight is 472 g/mol. The van der Waals surface area contributed by atoms with Crippen molar-refractivity contribution < 1.29 is 28.6 Å². The molecule has 0 spiro atoms. The quantitative estimate of drug-likeness (QED) is 0.320. The molecule has 0 aliphatic rings. The molecule has 3 aromatic rings. The van der Waals surface area contributed by atoms with E-state index in [0.29, 0.717) is 38.5 Å². The van der Waals surface area contributed by atoms with Crippen molar-refractivity contribution in [2.24, 2.45) is 0 Å². The van der Waals surface area contributed by atoms with Gasteiger partial charge in [-0.15, -0.1) is 0 Å². The van der Waals surface area contributed by atoms with E-state index in [-0.39, 0.29) is 18.7 Å². The lowest BCUT2D eigenvalue weighted by atomic mass is 10.1. The number of ether oxygens (including phenoxy) is 3. The van der Waals surface area contributed by atoms with Gasteiger partial charge >= 0.3 is 11.9 Å². The van der Waals surface area contributed by atoms with Crippen molar-refractivity contribution in [3.8, 4) is 5.75 Å². The number of carbonyl (C=O) groups is 3. The number of rotatable bonds is 9. The van der Waals surface area contributed by atoms with Crippen LogP contribution in [0, 0.1) is 6.92 Å². The number of carbonyl (C=O) groups excluding carboxylic acids is 3. The normalized spacial score (nSPS) is 10.8. The average Bonchev–Trinajstić information content (AvgIpc) is 3.08. The number of methoxy groups -OCH3 is 1. The Morgan fingerprint density at radius 3 is 2.36 bits per heavy atom. The Hall–Kier alpha value is -3.32. The van der Waals surface area contributed by atoms with Crippen molar-refractivity contribution in [2.45, 2.75) is 39.5 Å². The summed E-state index contributed by atoms with van der Waals surface area (Å²) in [6.07, 6.45) is 1.78. The Bertz CT molecular complexity index is 1170. The summed E-state index contributed by atoms with van der Waals surface area (Å²) in [7, 11) is 1.55. The van der Waals surface area contributed by atoms with Crippen LogP contribution < -0.4 is 4.74 Å². The lowest BCUT2D eigenvalue weighted by molar-refractivity contribution is -0.166. The SMILES string of the molecule is CCCCC(=O)OCOC(=O)Cc1c(C)n(C(=O)c2ccc(Cl)cc2)c2ccc(OC)cc12. The summed E-state index contributed by atoms with van der Waals surface area (Å²) in [5, 5.41) is 1.23. The molecular formula is C25H26ClNO6. The van der Waals surface area contributed by atoms with E-state index in [2.05, 4.69) is 0 Å². The number of fused-ring (bicyclic) bond motifs is 1.